The average Bonchev–Trinajstić information content (AvgIpc) is 2.79. The third kappa shape index (κ3) is 1.93. The molecule has 1 fully saturated rings. The van der Waals surface area contributed by atoms with E-state index >= 15 is 0 Å². The number of thioether (sulfide) groups is 1. The number of hydrogen-bond acceptors (Lipinski definition) is 5. The number of fused-ring (bicyclic) bond motifs is 1. The van der Waals surface area contributed by atoms with Crippen molar-refractivity contribution >= 4 is 35.0 Å². The fourth-order valence-corrected chi connectivity index (χ4v) is 3.50. The summed E-state index contributed by atoms with van der Waals surface area (Å²) >= 11 is 8.06. The molecule has 0 aliphatic carbocycles. The fourth-order valence-electron chi connectivity index (χ4n) is 2.23. The first-order chi connectivity index (χ1) is 8.66. The minimum absolute atomic E-state index is 0.439. The Kier molecular flexibility index (Phi) is 3.07. The van der Waals surface area contributed by atoms with Crippen molar-refractivity contribution in [3.63, 3.8) is 0 Å². The molecule has 2 unspecified atom stereocenters. The smallest absolute Gasteiger partial charge is 0.255 e. The lowest BCUT2D eigenvalue weighted by Gasteiger charge is -2.38. The van der Waals surface area contributed by atoms with Gasteiger partial charge in [0.25, 0.3) is 5.78 Å². The molecule has 5 nitrogen and oxygen atoms in total. The SMILES string of the molecule is CC1SCCN(c2cc(Cl)nc3ncnn23)C1C. The van der Waals surface area contributed by atoms with Gasteiger partial charge in [-0.15, -0.1) is 0 Å². The monoisotopic (exact) mass is 283 g/mol. The maximum absolute atomic E-state index is 6.06. The highest BCUT2D eigenvalue weighted by molar-refractivity contribution is 8.00. The van der Waals surface area contributed by atoms with Crippen LogP contribution in [-0.4, -0.2) is 43.2 Å². The topological polar surface area (TPSA) is 46.3 Å². The molecule has 0 aromatic carbocycles. The number of hydrogen-bond donors (Lipinski definition) is 0. The summed E-state index contributed by atoms with van der Waals surface area (Å²) in [4.78, 5) is 10.6. The third-order valence-electron chi connectivity index (χ3n) is 3.38. The summed E-state index contributed by atoms with van der Waals surface area (Å²) in [6, 6.07) is 2.30. The lowest BCUT2D eigenvalue weighted by atomic mass is 10.2. The quantitative estimate of drug-likeness (QED) is 0.750. The van der Waals surface area contributed by atoms with E-state index in [4.69, 9.17) is 11.6 Å². The van der Waals surface area contributed by atoms with Gasteiger partial charge in [0, 0.05) is 29.7 Å². The van der Waals surface area contributed by atoms with Gasteiger partial charge in [0.15, 0.2) is 0 Å². The van der Waals surface area contributed by atoms with E-state index in [0.717, 1.165) is 18.1 Å². The van der Waals surface area contributed by atoms with Crippen LogP contribution in [0.1, 0.15) is 13.8 Å². The van der Waals surface area contributed by atoms with E-state index in [0.29, 0.717) is 22.2 Å². The van der Waals surface area contributed by atoms with Crippen molar-refractivity contribution in [1.82, 2.24) is 19.6 Å². The Bertz CT molecular complexity index is 572. The molecule has 1 saturated heterocycles. The van der Waals surface area contributed by atoms with Crippen molar-refractivity contribution in [2.24, 2.45) is 0 Å². The normalized spacial score (nSPS) is 24.7. The maximum atomic E-state index is 6.06. The van der Waals surface area contributed by atoms with E-state index < -0.39 is 0 Å². The molecule has 0 bridgehead atoms. The summed E-state index contributed by atoms with van der Waals surface area (Å²) in [6.45, 7) is 5.47. The zero-order valence-electron chi connectivity index (χ0n) is 10.2. The van der Waals surface area contributed by atoms with Crippen LogP contribution in [0.3, 0.4) is 0 Å². The van der Waals surface area contributed by atoms with E-state index in [1.54, 1.807) is 4.52 Å². The van der Waals surface area contributed by atoms with Crippen molar-refractivity contribution in [3.8, 4) is 0 Å². The Hall–Kier alpha value is -1.01. The second-order valence-electron chi connectivity index (χ2n) is 4.42. The van der Waals surface area contributed by atoms with Crippen LogP contribution in [0.2, 0.25) is 5.15 Å². The van der Waals surface area contributed by atoms with Gasteiger partial charge in [-0.2, -0.15) is 31.3 Å². The minimum atomic E-state index is 0.439. The summed E-state index contributed by atoms with van der Waals surface area (Å²) in [5.41, 5.74) is 0. The van der Waals surface area contributed by atoms with E-state index in [1.807, 2.05) is 17.8 Å². The highest BCUT2D eigenvalue weighted by Crippen LogP contribution is 2.29. The third-order valence-corrected chi connectivity index (χ3v) is 4.91. The predicted molar refractivity (Wildman–Crippen MR) is 74.5 cm³/mol. The van der Waals surface area contributed by atoms with E-state index in [2.05, 4.69) is 33.8 Å². The Balaban J connectivity index is 2.10. The van der Waals surface area contributed by atoms with Crippen molar-refractivity contribution in [3.05, 3.63) is 17.5 Å². The van der Waals surface area contributed by atoms with E-state index in [1.165, 1.54) is 6.33 Å². The predicted octanol–water partition coefficient (Wildman–Crippen LogP) is 2.11. The molecule has 1 aliphatic rings. The van der Waals surface area contributed by atoms with Crippen LogP contribution in [0.25, 0.3) is 5.78 Å². The van der Waals surface area contributed by atoms with Gasteiger partial charge in [0.1, 0.15) is 17.3 Å². The van der Waals surface area contributed by atoms with Crippen LogP contribution < -0.4 is 4.90 Å². The van der Waals surface area contributed by atoms with E-state index in [-0.39, 0.29) is 0 Å². The second-order valence-corrected chi connectivity index (χ2v) is 6.29. The number of halogens is 1. The number of aromatic nitrogens is 4. The molecule has 96 valence electrons. The highest BCUT2D eigenvalue weighted by atomic mass is 35.5. The molecule has 2 aromatic rings. The zero-order valence-corrected chi connectivity index (χ0v) is 11.8. The molecule has 0 amide bonds. The van der Waals surface area contributed by atoms with Crippen LogP contribution in [0, 0.1) is 0 Å². The van der Waals surface area contributed by atoms with Gasteiger partial charge in [-0.3, -0.25) is 0 Å². The minimum Gasteiger partial charge on any atom is -0.352 e. The summed E-state index contributed by atoms with van der Waals surface area (Å²) < 4.78 is 1.76. The van der Waals surface area contributed by atoms with Crippen molar-refractivity contribution in [1.29, 1.82) is 0 Å². The van der Waals surface area contributed by atoms with Gasteiger partial charge in [-0.05, 0) is 6.92 Å². The first-order valence-electron chi connectivity index (χ1n) is 5.91. The summed E-state index contributed by atoms with van der Waals surface area (Å²) in [5, 5.41) is 5.28. The molecule has 7 heteroatoms. The Morgan fingerprint density at radius 2 is 2.28 bits per heavy atom. The van der Waals surface area contributed by atoms with Crippen molar-refractivity contribution in [2.45, 2.75) is 25.1 Å². The fraction of sp³-hybridized carbons (Fsp3) is 0.545. The van der Waals surface area contributed by atoms with Crippen LogP contribution in [0.5, 0.6) is 0 Å². The largest absolute Gasteiger partial charge is 0.352 e. The Morgan fingerprint density at radius 1 is 1.44 bits per heavy atom. The van der Waals surface area contributed by atoms with Gasteiger partial charge in [-0.1, -0.05) is 18.5 Å². The molecule has 1 aliphatic heterocycles. The number of rotatable bonds is 1. The molecule has 2 aromatic heterocycles. The molecular formula is C11H14ClN5S. The average molecular weight is 284 g/mol. The molecule has 18 heavy (non-hydrogen) atoms. The first kappa shape index (κ1) is 12.0. The Morgan fingerprint density at radius 3 is 3.11 bits per heavy atom. The second kappa shape index (κ2) is 4.59. The summed E-state index contributed by atoms with van der Waals surface area (Å²) in [7, 11) is 0. The van der Waals surface area contributed by atoms with Crippen LogP contribution in [-0.2, 0) is 0 Å². The van der Waals surface area contributed by atoms with Crippen LogP contribution >= 0.6 is 23.4 Å². The first-order valence-corrected chi connectivity index (χ1v) is 7.34. The van der Waals surface area contributed by atoms with Gasteiger partial charge in [0.05, 0.1) is 0 Å². The van der Waals surface area contributed by atoms with Crippen molar-refractivity contribution < 1.29 is 0 Å². The molecule has 0 radical (unpaired) electrons. The van der Waals surface area contributed by atoms with Crippen molar-refractivity contribution in [2.75, 3.05) is 17.2 Å². The van der Waals surface area contributed by atoms with Gasteiger partial charge in [-0.25, -0.2) is 0 Å². The molecule has 2 atom stereocenters. The van der Waals surface area contributed by atoms with Gasteiger partial charge >= 0.3 is 0 Å². The molecule has 3 heterocycles. The lowest BCUT2D eigenvalue weighted by molar-refractivity contribution is 0.611. The van der Waals surface area contributed by atoms with E-state index in [9.17, 15) is 0 Å². The van der Waals surface area contributed by atoms with Crippen LogP contribution in [0.4, 0.5) is 5.82 Å². The number of nitrogens with zero attached hydrogens (tertiary/aromatic N) is 5. The number of anilines is 1. The van der Waals surface area contributed by atoms with Crippen LogP contribution in [0.15, 0.2) is 12.4 Å². The van der Waals surface area contributed by atoms with Gasteiger partial charge < -0.3 is 4.90 Å². The molecular weight excluding hydrogens is 270 g/mol. The molecule has 0 N–H and O–H groups in total. The Labute approximate surface area is 115 Å². The molecule has 0 spiro atoms. The summed E-state index contributed by atoms with van der Waals surface area (Å²) in [5.74, 6) is 2.64. The molecule has 0 saturated carbocycles. The molecule has 3 rings (SSSR count). The summed E-state index contributed by atoms with van der Waals surface area (Å²) in [6.07, 6.45) is 1.51. The highest BCUT2D eigenvalue weighted by Gasteiger charge is 2.27. The lowest BCUT2D eigenvalue weighted by Crippen LogP contribution is -2.45. The maximum Gasteiger partial charge on any atom is 0.255 e. The van der Waals surface area contributed by atoms with Gasteiger partial charge in [0.2, 0.25) is 0 Å². The standard InChI is InChI=1S/C11H14ClN5S/c1-7-8(2)18-4-3-16(7)10-5-9(12)15-11-13-6-14-17(10)11/h5-8H,3-4H2,1-2H3. The zero-order chi connectivity index (χ0) is 12.7.